The summed E-state index contributed by atoms with van der Waals surface area (Å²) in [6.45, 7) is 4.12. The van der Waals surface area contributed by atoms with E-state index in [-0.39, 0.29) is 0 Å². The van der Waals surface area contributed by atoms with E-state index in [4.69, 9.17) is 0 Å². The van der Waals surface area contributed by atoms with Gasteiger partial charge in [-0.2, -0.15) is 0 Å². The van der Waals surface area contributed by atoms with E-state index in [2.05, 4.69) is 19.1 Å². The molecular formula is C10H16O. The van der Waals surface area contributed by atoms with Crippen LogP contribution in [0.2, 0.25) is 0 Å². The topological polar surface area (TPSA) is 17.1 Å². The zero-order valence-electron chi connectivity index (χ0n) is 7.34. The lowest BCUT2D eigenvalue weighted by Crippen LogP contribution is -2.22. The van der Waals surface area contributed by atoms with Crippen LogP contribution in [0.25, 0.3) is 0 Å². The molecule has 0 unspecified atom stereocenters. The molecular weight excluding hydrogens is 136 g/mol. The Labute approximate surface area is 68.5 Å². The van der Waals surface area contributed by atoms with Crippen molar-refractivity contribution in [3.63, 3.8) is 0 Å². The van der Waals surface area contributed by atoms with Crippen LogP contribution in [0.3, 0.4) is 0 Å². The highest BCUT2D eigenvalue weighted by molar-refractivity contribution is 5.81. The van der Waals surface area contributed by atoms with Gasteiger partial charge in [0.1, 0.15) is 5.78 Å². The van der Waals surface area contributed by atoms with Crippen molar-refractivity contribution < 1.29 is 4.79 Å². The van der Waals surface area contributed by atoms with Crippen LogP contribution in [0.1, 0.15) is 33.1 Å². The summed E-state index contributed by atoms with van der Waals surface area (Å²) in [5.41, 5.74) is 0. The summed E-state index contributed by atoms with van der Waals surface area (Å²) in [5.74, 6) is 1.30. The molecule has 1 nitrogen and oxygen atoms in total. The molecule has 1 rings (SSSR count). The van der Waals surface area contributed by atoms with Gasteiger partial charge in [0.15, 0.2) is 0 Å². The molecule has 0 saturated heterocycles. The number of Topliss-reactive ketones (excluding diaryl/α,β-unsaturated/α-hetero) is 1. The number of hydrogen-bond acceptors (Lipinski definition) is 1. The quantitative estimate of drug-likeness (QED) is 0.556. The van der Waals surface area contributed by atoms with Crippen LogP contribution in [0, 0.1) is 11.8 Å². The first-order chi connectivity index (χ1) is 5.25. The Morgan fingerprint density at radius 3 is 2.64 bits per heavy atom. The fourth-order valence-electron chi connectivity index (χ4n) is 1.66. The van der Waals surface area contributed by atoms with E-state index in [0.717, 1.165) is 12.8 Å². The second kappa shape index (κ2) is 3.70. The van der Waals surface area contributed by atoms with Crippen molar-refractivity contribution in [1.29, 1.82) is 0 Å². The van der Waals surface area contributed by atoms with Crippen LogP contribution in [0.5, 0.6) is 0 Å². The minimum Gasteiger partial charge on any atom is -0.299 e. The highest BCUT2D eigenvalue weighted by Crippen LogP contribution is 2.26. The van der Waals surface area contributed by atoms with E-state index in [1.807, 2.05) is 6.92 Å². The van der Waals surface area contributed by atoms with E-state index < -0.39 is 0 Å². The van der Waals surface area contributed by atoms with Crippen LogP contribution in [0.4, 0.5) is 0 Å². The minimum atomic E-state index is 0.310. The Balaban J connectivity index is 2.56. The first-order valence-corrected chi connectivity index (χ1v) is 4.43. The number of ketones is 1. The average Bonchev–Trinajstić information content (AvgIpc) is 2.04. The Morgan fingerprint density at radius 1 is 1.45 bits per heavy atom. The second-order valence-corrected chi connectivity index (χ2v) is 3.35. The van der Waals surface area contributed by atoms with Gasteiger partial charge in [-0.05, 0) is 18.8 Å². The van der Waals surface area contributed by atoms with Crippen LogP contribution in [-0.2, 0) is 4.79 Å². The zero-order valence-corrected chi connectivity index (χ0v) is 7.34. The molecule has 2 atom stereocenters. The standard InChI is InChI=1S/C10H16O/c1-3-10(11)9-7-5-4-6-8(9)2/h4-5,8-9H,3,6-7H2,1-2H3/t8-,9+/m1/s1. The summed E-state index contributed by atoms with van der Waals surface area (Å²) in [6, 6.07) is 0. The molecule has 0 aromatic heterocycles. The van der Waals surface area contributed by atoms with Crippen molar-refractivity contribution in [2.75, 3.05) is 0 Å². The SMILES string of the molecule is CCC(=O)[C@H]1CC=CC[C@H]1C. The van der Waals surface area contributed by atoms with E-state index in [1.54, 1.807) is 0 Å². The number of rotatable bonds is 2. The van der Waals surface area contributed by atoms with Gasteiger partial charge in [0.2, 0.25) is 0 Å². The molecule has 1 heteroatoms. The maximum Gasteiger partial charge on any atom is 0.136 e. The Bertz CT molecular complexity index is 170. The van der Waals surface area contributed by atoms with Gasteiger partial charge in [0.25, 0.3) is 0 Å². The van der Waals surface area contributed by atoms with Crippen molar-refractivity contribution in [1.82, 2.24) is 0 Å². The molecule has 0 heterocycles. The van der Waals surface area contributed by atoms with E-state index in [9.17, 15) is 4.79 Å². The summed E-state index contributed by atoms with van der Waals surface area (Å²) in [6.07, 6.45) is 7.06. The molecule has 0 saturated carbocycles. The van der Waals surface area contributed by atoms with E-state index >= 15 is 0 Å². The number of hydrogen-bond donors (Lipinski definition) is 0. The molecule has 1 aliphatic carbocycles. The summed E-state index contributed by atoms with van der Waals surface area (Å²) in [7, 11) is 0. The fourth-order valence-corrected chi connectivity index (χ4v) is 1.66. The smallest absolute Gasteiger partial charge is 0.136 e. The Hall–Kier alpha value is -0.590. The molecule has 0 aliphatic heterocycles. The third-order valence-corrected chi connectivity index (χ3v) is 2.51. The molecule has 0 spiro atoms. The van der Waals surface area contributed by atoms with Gasteiger partial charge in [-0.15, -0.1) is 0 Å². The molecule has 0 bridgehead atoms. The fraction of sp³-hybridized carbons (Fsp3) is 0.700. The molecule has 0 N–H and O–H groups in total. The maximum atomic E-state index is 11.3. The Kier molecular flexibility index (Phi) is 2.86. The molecule has 0 aromatic carbocycles. The van der Waals surface area contributed by atoms with Crippen LogP contribution in [0.15, 0.2) is 12.2 Å². The van der Waals surface area contributed by atoms with Gasteiger partial charge in [-0.25, -0.2) is 0 Å². The molecule has 1 aliphatic rings. The lowest BCUT2D eigenvalue weighted by Gasteiger charge is -2.23. The number of carbonyl (C=O) groups is 1. The van der Waals surface area contributed by atoms with Crippen molar-refractivity contribution in [3.8, 4) is 0 Å². The van der Waals surface area contributed by atoms with Gasteiger partial charge in [-0.3, -0.25) is 4.79 Å². The first-order valence-electron chi connectivity index (χ1n) is 4.43. The van der Waals surface area contributed by atoms with E-state index in [1.165, 1.54) is 0 Å². The molecule has 11 heavy (non-hydrogen) atoms. The molecule has 62 valence electrons. The molecule has 0 amide bonds. The van der Waals surface area contributed by atoms with E-state index in [0.29, 0.717) is 24.0 Å². The van der Waals surface area contributed by atoms with Crippen molar-refractivity contribution in [2.45, 2.75) is 33.1 Å². The summed E-state index contributed by atoms with van der Waals surface area (Å²) in [5, 5.41) is 0. The largest absolute Gasteiger partial charge is 0.299 e. The predicted octanol–water partition coefficient (Wildman–Crippen LogP) is 2.57. The van der Waals surface area contributed by atoms with Crippen molar-refractivity contribution in [3.05, 3.63) is 12.2 Å². The summed E-state index contributed by atoms with van der Waals surface area (Å²) in [4.78, 5) is 11.3. The highest BCUT2D eigenvalue weighted by atomic mass is 16.1. The predicted molar refractivity (Wildman–Crippen MR) is 46.3 cm³/mol. The monoisotopic (exact) mass is 152 g/mol. The third kappa shape index (κ3) is 1.92. The van der Waals surface area contributed by atoms with Gasteiger partial charge in [-0.1, -0.05) is 26.0 Å². The molecule has 0 fully saturated rings. The van der Waals surface area contributed by atoms with Gasteiger partial charge >= 0.3 is 0 Å². The minimum absolute atomic E-state index is 0.310. The number of carbonyl (C=O) groups excluding carboxylic acids is 1. The summed E-state index contributed by atoms with van der Waals surface area (Å²) < 4.78 is 0. The normalized spacial score (nSPS) is 30.4. The van der Waals surface area contributed by atoms with Crippen LogP contribution in [-0.4, -0.2) is 5.78 Å². The van der Waals surface area contributed by atoms with Crippen LogP contribution < -0.4 is 0 Å². The lowest BCUT2D eigenvalue weighted by atomic mass is 9.81. The van der Waals surface area contributed by atoms with Gasteiger partial charge in [0, 0.05) is 12.3 Å². The van der Waals surface area contributed by atoms with Crippen molar-refractivity contribution >= 4 is 5.78 Å². The van der Waals surface area contributed by atoms with Crippen LogP contribution >= 0.6 is 0 Å². The molecule has 0 radical (unpaired) electrons. The highest BCUT2D eigenvalue weighted by Gasteiger charge is 2.23. The maximum absolute atomic E-state index is 11.3. The average molecular weight is 152 g/mol. The second-order valence-electron chi connectivity index (χ2n) is 3.35. The Morgan fingerprint density at radius 2 is 2.09 bits per heavy atom. The number of allylic oxidation sites excluding steroid dienone is 2. The third-order valence-electron chi connectivity index (χ3n) is 2.51. The summed E-state index contributed by atoms with van der Waals surface area (Å²) >= 11 is 0. The first kappa shape index (κ1) is 8.51. The van der Waals surface area contributed by atoms with Crippen molar-refractivity contribution in [2.24, 2.45) is 11.8 Å². The zero-order chi connectivity index (χ0) is 8.27. The molecule has 0 aromatic rings. The van der Waals surface area contributed by atoms with Gasteiger partial charge < -0.3 is 0 Å². The lowest BCUT2D eigenvalue weighted by molar-refractivity contribution is -0.124. The van der Waals surface area contributed by atoms with Gasteiger partial charge in [0.05, 0.1) is 0 Å².